The highest BCUT2D eigenvalue weighted by Gasteiger charge is 2.48. The molecule has 0 bridgehead atoms. The quantitative estimate of drug-likeness (QED) is 0.844. The van der Waals surface area contributed by atoms with Crippen molar-refractivity contribution in [3.63, 3.8) is 0 Å². The second-order valence-electron chi connectivity index (χ2n) is 6.58. The lowest BCUT2D eigenvalue weighted by Crippen LogP contribution is -2.60. The maximum Gasteiger partial charge on any atom is 0.250 e. The van der Waals surface area contributed by atoms with Crippen LogP contribution in [0.2, 0.25) is 0 Å². The number of carbonyl (C=O) groups excluding carboxylic acids is 2. The fourth-order valence-electron chi connectivity index (χ4n) is 3.54. The van der Waals surface area contributed by atoms with Crippen molar-refractivity contribution >= 4 is 11.8 Å². The van der Waals surface area contributed by atoms with Crippen LogP contribution in [-0.2, 0) is 22.6 Å². The van der Waals surface area contributed by atoms with Gasteiger partial charge in [-0.2, -0.15) is 0 Å². The molecule has 3 rings (SSSR count). The zero-order chi connectivity index (χ0) is 18.6. The van der Waals surface area contributed by atoms with Gasteiger partial charge in [0.15, 0.2) is 0 Å². The van der Waals surface area contributed by atoms with Crippen LogP contribution in [0.5, 0.6) is 0 Å². The van der Waals surface area contributed by atoms with Gasteiger partial charge in [-0.1, -0.05) is 48.6 Å². The fourth-order valence-corrected chi connectivity index (χ4v) is 3.54. The van der Waals surface area contributed by atoms with Gasteiger partial charge in [-0.05, 0) is 24.6 Å². The number of benzene rings is 1. The molecule has 2 amide bonds. The number of carbonyl (C=O) groups is 2. The SMILES string of the molecule is CC(=O)N1[C@H](C)C=C[C@]1(Cc1ccccc1)C(=O)NCc1ccccn1. The van der Waals surface area contributed by atoms with Crippen LogP contribution in [0, 0.1) is 0 Å². The molecule has 0 spiro atoms. The topological polar surface area (TPSA) is 62.3 Å². The highest BCUT2D eigenvalue weighted by atomic mass is 16.2. The molecular formula is C21H23N3O2. The average Bonchev–Trinajstić information content (AvgIpc) is 2.99. The maximum atomic E-state index is 13.2. The van der Waals surface area contributed by atoms with Crippen LogP contribution in [0.4, 0.5) is 0 Å². The van der Waals surface area contributed by atoms with Gasteiger partial charge in [0.25, 0.3) is 5.91 Å². The van der Waals surface area contributed by atoms with E-state index in [0.717, 1.165) is 11.3 Å². The molecule has 1 aliphatic rings. The third kappa shape index (κ3) is 3.52. The summed E-state index contributed by atoms with van der Waals surface area (Å²) in [7, 11) is 0. The molecule has 5 heteroatoms. The molecule has 134 valence electrons. The van der Waals surface area contributed by atoms with E-state index in [1.165, 1.54) is 6.92 Å². The van der Waals surface area contributed by atoms with Gasteiger partial charge in [0.1, 0.15) is 5.54 Å². The van der Waals surface area contributed by atoms with E-state index < -0.39 is 5.54 Å². The smallest absolute Gasteiger partial charge is 0.250 e. The van der Waals surface area contributed by atoms with E-state index in [-0.39, 0.29) is 17.9 Å². The van der Waals surface area contributed by atoms with E-state index >= 15 is 0 Å². The largest absolute Gasteiger partial charge is 0.348 e. The maximum absolute atomic E-state index is 13.2. The Kier molecular flexibility index (Phi) is 5.16. The molecule has 2 heterocycles. The highest BCUT2D eigenvalue weighted by molar-refractivity contribution is 5.94. The van der Waals surface area contributed by atoms with Crippen molar-refractivity contribution < 1.29 is 9.59 Å². The minimum Gasteiger partial charge on any atom is -0.348 e. The number of hydrogen-bond donors (Lipinski definition) is 1. The number of nitrogens with one attached hydrogen (secondary N) is 1. The lowest BCUT2D eigenvalue weighted by atomic mass is 9.89. The zero-order valence-electron chi connectivity index (χ0n) is 15.1. The van der Waals surface area contributed by atoms with E-state index in [2.05, 4.69) is 10.3 Å². The van der Waals surface area contributed by atoms with Gasteiger partial charge in [0.2, 0.25) is 5.91 Å². The summed E-state index contributed by atoms with van der Waals surface area (Å²) in [6.45, 7) is 3.76. The first-order valence-electron chi connectivity index (χ1n) is 8.74. The minimum absolute atomic E-state index is 0.119. The number of pyridine rings is 1. The molecule has 0 fully saturated rings. The molecule has 0 aliphatic carbocycles. The van der Waals surface area contributed by atoms with Crippen LogP contribution in [0.3, 0.4) is 0 Å². The summed E-state index contributed by atoms with van der Waals surface area (Å²) in [6.07, 6.45) is 5.91. The Hall–Kier alpha value is -2.95. The molecule has 0 saturated heterocycles. The Morgan fingerprint density at radius 1 is 1.15 bits per heavy atom. The summed E-state index contributed by atoms with van der Waals surface area (Å²) in [5, 5.41) is 2.96. The monoisotopic (exact) mass is 349 g/mol. The van der Waals surface area contributed by atoms with Crippen molar-refractivity contribution in [1.29, 1.82) is 0 Å². The summed E-state index contributed by atoms with van der Waals surface area (Å²) in [6, 6.07) is 15.2. The molecule has 1 aromatic carbocycles. The van der Waals surface area contributed by atoms with Crippen molar-refractivity contribution in [3.8, 4) is 0 Å². The van der Waals surface area contributed by atoms with Gasteiger partial charge in [-0.3, -0.25) is 14.6 Å². The predicted molar refractivity (Wildman–Crippen MR) is 100 cm³/mol. The molecule has 2 aromatic rings. The van der Waals surface area contributed by atoms with Crippen molar-refractivity contribution in [2.45, 2.75) is 38.4 Å². The van der Waals surface area contributed by atoms with Gasteiger partial charge < -0.3 is 10.2 Å². The Morgan fingerprint density at radius 2 is 1.88 bits per heavy atom. The van der Waals surface area contributed by atoms with Crippen LogP contribution in [0.1, 0.15) is 25.1 Å². The molecule has 0 unspecified atom stereocenters. The van der Waals surface area contributed by atoms with E-state index in [1.54, 1.807) is 11.1 Å². The first-order valence-corrected chi connectivity index (χ1v) is 8.74. The van der Waals surface area contributed by atoms with Gasteiger partial charge >= 0.3 is 0 Å². The lowest BCUT2D eigenvalue weighted by molar-refractivity contribution is -0.144. The molecule has 1 N–H and O–H groups in total. The number of aromatic nitrogens is 1. The van der Waals surface area contributed by atoms with E-state index in [4.69, 9.17) is 0 Å². The van der Waals surface area contributed by atoms with Gasteiger partial charge in [0.05, 0.1) is 12.2 Å². The van der Waals surface area contributed by atoms with Gasteiger partial charge in [-0.25, -0.2) is 0 Å². The first kappa shape index (κ1) is 17.9. The molecule has 1 aromatic heterocycles. The number of nitrogens with zero attached hydrogens (tertiary/aromatic N) is 2. The summed E-state index contributed by atoms with van der Waals surface area (Å²) >= 11 is 0. The highest BCUT2D eigenvalue weighted by Crippen LogP contribution is 2.32. The van der Waals surface area contributed by atoms with Crippen LogP contribution in [0.25, 0.3) is 0 Å². The Labute approximate surface area is 153 Å². The minimum atomic E-state index is -1.03. The molecule has 1 aliphatic heterocycles. The predicted octanol–water partition coefficient (Wildman–Crippen LogP) is 2.49. The van der Waals surface area contributed by atoms with Crippen LogP contribution >= 0.6 is 0 Å². The normalized spacial score (nSPS) is 21.6. The fraction of sp³-hybridized carbons (Fsp3) is 0.286. The summed E-state index contributed by atoms with van der Waals surface area (Å²) in [4.78, 5) is 31.5. The first-order chi connectivity index (χ1) is 12.5. The second kappa shape index (κ2) is 7.52. The molecule has 5 nitrogen and oxygen atoms in total. The number of amides is 2. The Balaban J connectivity index is 1.88. The van der Waals surface area contributed by atoms with E-state index in [1.807, 2.05) is 67.6 Å². The molecule has 0 radical (unpaired) electrons. The Morgan fingerprint density at radius 3 is 2.54 bits per heavy atom. The zero-order valence-corrected chi connectivity index (χ0v) is 15.1. The third-order valence-corrected chi connectivity index (χ3v) is 4.69. The average molecular weight is 349 g/mol. The van der Waals surface area contributed by atoms with Crippen LogP contribution < -0.4 is 5.32 Å². The summed E-state index contributed by atoms with van der Waals surface area (Å²) in [5.41, 5.74) is 0.757. The van der Waals surface area contributed by atoms with Crippen molar-refractivity contribution in [2.24, 2.45) is 0 Å². The van der Waals surface area contributed by atoms with Crippen molar-refractivity contribution in [2.75, 3.05) is 0 Å². The van der Waals surface area contributed by atoms with Crippen molar-refractivity contribution in [3.05, 3.63) is 78.1 Å². The summed E-state index contributed by atoms with van der Waals surface area (Å²) < 4.78 is 0. The number of hydrogen-bond acceptors (Lipinski definition) is 3. The van der Waals surface area contributed by atoms with Crippen molar-refractivity contribution in [1.82, 2.24) is 15.2 Å². The second-order valence-corrected chi connectivity index (χ2v) is 6.58. The van der Waals surface area contributed by atoms with E-state index in [0.29, 0.717) is 13.0 Å². The molecule has 0 saturated carbocycles. The van der Waals surface area contributed by atoms with Crippen LogP contribution in [0.15, 0.2) is 66.9 Å². The Bertz CT molecular complexity index is 805. The standard InChI is InChI=1S/C21H23N3O2/c1-16-11-12-21(24(16)17(2)25,14-18-8-4-3-5-9-18)20(26)23-15-19-10-6-7-13-22-19/h3-13,16H,14-15H2,1-2H3,(H,23,26)/t16-,21+/m1/s1. The third-order valence-electron chi connectivity index (χ3n) is 4.69. The molecular weight excluding hydrogens is 326 g/mol. The summed E-state index contributed by atoms with van der Waals surface area (Å²) in [5.74, 6) is -0.311. The molecule has 26 heavy (non-hydrogen) atoms. The number of rotatable bonds is 5. The van der Waals surface area contributed by atoms with Gasteiger partial charge in [-0.15, -0.1) is 0 Å². The lowest BCUT2D eigenvalue weighted by Gasteiger charge is -2.38. The van der Waals surface area contributed by atoms with Gasteiger partial charge in [0, 0.05) is 25.6 Å². The molecule has 2 atom stereocenters. The van der Waals surface area contributed by atoms with Crippen LogP contribution in [-0.4, -0.2) is 33.3 Å². The van der Waals surface area contributed by atoms with E-state index in [9.17, 15) is 9.59 Å².